The third-order valence-electron chi connectivity index (χ3n) is 3.74. The first-order valence-corrected chi connectivity index (χ1v) is 7.85. The van der Waals surface area contributed by atoms with E-state index in [0.29, 0.717) is 18.2 Å². The van der Waals surface area contributed by atoms with E-state index in [1.54, 1.807) is 18.5 Å². The van der Waals surface area contributed by atoms with Crippen LogP contribution in [-0.4, -0.2) is 25.4 Å². The Kier molecular flexibility index (Phi) is 4.20. The van der Waals surface area contributed by atoms with E-state index in [1.165, 1.54) is 0 Å². The first kappa shape index (κ1) is 16.0. The molecule has 3 rings (SSSR count). The van der Waals surface area contributed by atoms with Gasteiger partial charge < -0.3 is 9.55 Å². The average molecular weight is 323 g/mol. The van der Waals surface area contributed by atoms with Crippen LogP contribution in [0, 0.1) is 0 Å². The number of hydrogen-bond acceptors (Lipinski definition) is 3. The Morgan fingerprint density at radius 2 is 2.00 bits per heavy atom. The molecule has 124 valence electrons. The van der Waals surface area contributed by atoms with Crippen LogP contribution >= 0.6 is 0 Å². The maximum Gasteiger partial charge on any atom is 0.274 e. The Labute approximate surface area is 141 Å². The molecule has 0 fully saturated rings. The smallest absolute Gasteiger partial charge is 0.274 e. The van der Waals surface area contributed by atoms with Gasteiger partial charge in [-0.05, 0) is 29.8 Å². The summed E-state index contributed by atoms with van der Waals surface area (Å²) < 4.78 is 1.90. The molecule has 0 aliphatic carbocycles. The predicted octanol–water partition coefficient (Wildman–Crippen LogP) is 3.20. The second kappa shape index (κ2) is 6.31. The molecule has 0 radical (unpaired) electrons. The number of carbonyl (C=O) groups excluding carboxylic acids is 1. The van der Waals surface area contributed by atoms with Gasteiger partial charge >= 0.3 is 0 Å². The van der Waals surface area contributed by atoms with E-state index in [9.17, 15) is 4.79 Å². The number of aromatic amines is 1. The van der Waals surface area contributed by atoms with Crippen molar-refractivity contribution in [1.82, 2.24) is 19.5 Å². The summed E-state index contributed by atoms with van der Waals surface area (Å²) in [6.07, 6.45) is 7.20. The molecule has 0 aromatic carbocycles. The molecule has 0 bridgehead atoms. The maximum absolute atomic E-state index is 12.5. The summed E-state index contributed by atoms with van der Waals surface area (Å²) in [6.45, 7) is 6.85. The highest BCUT2D eigenvalue weighted by Crippen LogP contribution is 2.21. The minimum Gasteiger partial charge on any atom is -0.339 e. The molecule has 24 heavy (non-hydrogen) atoms. The maximum atomic E-state index is 12.5. The van der Waals surface area contributed by atoms with Crippen LogP contribution in [0.15, 0.2) is 49.1 Å². The number of H-pyrrole nitrogens is 1. The monoisotopic (exact) mass is 323 g/mol. The van der Waals surface area contributed by atoms with Crippen molar-refractivity contribution in [2.24, 2.45) is 0 Å². The highest BCUT2D eigenvalue weighted by molar-refractivity contribution is 6.02. The van der Waals surface area contributed by atoms with Crippen molar-refractivity contribution in [3.8, 4) is 0 Å². The van der Waals surface area contributed by atoms with Crippen LogP contribution in [0.3, 0.4) is 0 Å². The summed E-state index contributed by atoms with van der Waals surface area (Å²) in [5, 5.41) is 2.82. The fraction of sp³-hybridized carbons (Fsp3) is 0.278. The van der Waals surface area contributed by atoms with Gasteiger partial charge in [-0.3, -0.25) is 15.1 Å². The fourth-order valence-electron chi connectivity index (χ4n) is 2.38. The lowest BCUT2D eigenvalue weighted by Crippen LogP contribution is -2.18. The van der Waals surface area contributed by atoms with Gasteiger partial charge in [-0.1, -0.05) is 20.8 Å². The van der Waals surface area contributed by atoms with Crippen molar-refractivity contribution in [2.75, 3.05) is 5.32 Å². The van der Waals surface area contributed by atoms with Gasteiger partial charge in [0.25, 0.3) is 5.91 Å². The van der Waals surface area contributed by atoms with Crippen LogP contribution < -0.4 is 5.32 Å². The Morgan fingerprint density at radius 3 is 2.67 bits per heavy atom. The van der Waals surface area contributed by atoms with Crippen molar-refractivity contribution in [3.63, 3.8) is 0 Å². The zero-order valence-electron chi connectivity index (χ0n) is 14.1. The Morgan fingerprint density at radius 1 is 1.25 bits per heavy atom. The van der Waals surface area contributed by atoms with Crippen LogP contribution in [0.5, 0.6) is 0 Å². The number of nitrogens with zero attached hydrogens (tertiary/aromatic N) is 3. The molecule has 6 nitrogen and oxygen atoms in total. The number of pyridine rings is 1. The van der Waals surface area contributed by atoms with Crippen molar-refractivity contribution in [3.05, 3.63) is 66.0 Å². The highest BCUT2D eigenvalue weighted by Gasteiger charge is 2.19. The van der Waals surface area contributed by atoms with E-state index in [1.807, 2.05) is 35.2 Å². The predicted molar refractivity (Wildman–Crippen MR) is 93.0 cm³/mol. The number of amides is 1. The zero-order chi connectivity index (χ0) is 17.2. The first-order chi connectivity index (χ1) is 11.4. The number of nitrogens with one attached hydrogen (secondary N) is 2. The standard InChI is InChI=1S/C18H21N5O/c1-18(2,3)15-11-20-17(21-15)22-16(24)14-5-4-10-23(14)12-13-6-8-19-9-7-13/h4-11H,12H2,1-3H3,(H2,20,21,22,24). The van der Waals surface area contributed by atoms with Gasteiger partial charge in [-0.15, -0.1) is 0 Å². The molecule has 1 amide bonds. The SMILES string of the molecule is CC(C)(C)c1c[nH]c(NC(=O)c2cccn2Cc2ccncc2)n1. The number of rotatable bonds is 4. The van der Waals surface area contributed by atoms with Crippen molar-refractivity contribution in [1.29, 1.82) is 0 Å². The number of carbonyl (C=O) groups is 1. The molecule has 0 aliphatic heterocycles. The van der Waals surface area contributed by atoms with E-state index in [2.05, 4.69) is 41.0 Å². The Bertz CT molecular complexity index is 826. The molecule has 0 aliphatic rings. The van der Waals surface area contributed by atoms with Crippen LogP contribution in [0.4, 0.5) is 5.95 Å². The molecule has 0 unspecified atom stereocenters. The van der Waals surface area contributed by atoms with Crippen LogP contribution in [0.2, 0.25) is 0 Å². The van der Waals surface area contributed by atoms with Gasteiger partial charge in [-0.25, -0.2) is 4.98 Å². The minimum atomic E-state index is -0.191. The van der Waals surface area contributed by atoms with Gasteiger partial charge in [0, 0.05) is 36.7 Å². The molecule has 0 saturated carbocycles. The molecule has 2 N–H and O–H groups in total. The van der Waals surface area contributed by atoms with Crippen molar-refractivity contribution >= 4 is 11.9 Å². The lowest BCUT2D eigenvalue weighted by Gasteiger charge is -2.14. The summed E-state index contributed by atoms with van der Waals surface area (Å²) >= 11 is 0. The van der Waals surface area contributed by atoms with Gasteiger partial charge in [0.2, 0.25) is 5.95 Å². The Hall–Kier alpha value is -2.89. The van der Waals surface area contributed by atoms with E-state index < -0.39 is 0 Å². The molecular formula is C18H21N5O. The third kappa shape index (κ3) is 3.53. The molecule has 0 spiro atoms. The molecule has 3 aromatic heterocycles. The highest BCUT2D eigenvalue weighted by atomic mass is 16.2. The summed E-state index contributed by atoms with van der Waals surface area (Å²) in [6, 6.07) is 7.52. The topological polar surface area (TPSA) is 75.6 Å². The lowest BCUT2D eigenvalue weighted by molar-refractivity contribution is 0.101. The van der Waals surface area contributed by atoms with E-state index >= 15 is 0 Å². The van der Waals surface area contributed by atoms with E-state index in [4.69, 9.17) is 0 Å². The molecule has 3 aromatic rings. The molecular weight excluding hydrogens is 302 g/mol. The minimum absolute atomic E-state index is 0.0684. The van der Waals surface area contributed by atoms with Gasteiger partial charge in [-0.2, -0.15) is 0 Å². The van der Waals surface area contributed by atoms with Gasteiger partial charge in [0.05, 0.1) is 5.69 Å². The second-order valence-electron chi connectivity index (χ2n) is 6.72. The molecule has 0 atom stereocenters. The number of hydrogen-bond donors (Lipinski definition) is 2. The fourth-order valence-corrected chi connectivity index (χ4v) is 2.38. The molecule has 0 saturated heterocycles. The van der Waals surface area contributed by atoms with Crippen LogP contribution in [0.25, 0.3) is 0 Å². The largest absolute Gasteiger partial charge is 0.339 e. The van der Waals surface area contributed by atoms with E-state index in [-0.39, 0.29) is 11.3 Å². The van der Waals surface area contributed by atoms with Crippen molar-refractivity contribution in [2.45, 2.75) is 32.7 Å². The third-order valence-corrected chi connectivity index (χ3v) is 3.74. The Balaban J connectivity index is 1.74. The zero-order valence-corrected chi connectivity index (χ0v) is 14.1. The average Bonchev–Trinajstić information content (AvgIpc) is 3.17. The first-order valence-electron chi connectivity index (χ1n) is 7.85. The van der Waals surface area contributed by atoms with Crippen molar-refractivity contribution < 1.29 is 4.79 Å². The van der Waals surface area contributed by atoms with Gasteiger partial charge in [0.15, 0.2) is 0 Å². The summed E-state index contributed by atoms with van der Waals surface area (Å²) in [5.74, 6) is 0.269. The molecule has 6 heteroatoms. The lowest BCUT2D eigenvalue weighted by atomic mass is 9.93. The number of anilines is 1. The number of imidazole rings is 1. The van der Waals surface area contributed by atoms with E-state index in [0.717, 1.165) is 11.3 Å². The number of aromatic nitrogens is 4. The summed E-state index contributed by atoms with van der Waals surface area (Å²) in [4.78, 5) is 24.0. The normalized spacial score (nSPS) is 11.5. The quantitative estimate of drug-likeness (QED) is 0.774. The van der Waals surface area contributed by atoms with Gasteiger partial charge in [0.1, 0.15) is 5.69 Å². The van der Waals surface area contributed by atoms with Crippen LogP contribution in [-0.2, 0) is 12.0 Å². The summed E-state index contributed by atoms with van der Waals surface area (Å²) in [5.41, 5.74) is 2.51. The second-order valence-corrected chi connectivity index (χ2v) is 6.72. The summed E-state index contributed by atoms with van der Waals surface area (Å²) in [7, 11) is 0. The van der Waals surface area contributed by atoms with Crippen LogP contribution in [0.1, 0.15) is 42.5 Å². The molecule has 3 heterocycles.